The summed E-state index contributed by atoms with van der Waals surface area (Å²) in [5, 5.41) is 4.93. The Balaban J connectivity index is 1.35. The van der Waals surface area contributed by atoms with Gasteiger partial charge in [0, 0.05) is 77.0 Å². The van der Waals surface area contributed by atoms with Crippen LogP contribution < -0.4 is 20.0 Å². The fourth-order valence-electron chi connectivity index (χ4n) is 4.02. The van der Waals surface area contributed by atoms with Crippen molar-refractivity contribution in [3.63, 3.8) is 0 Å². The van der Waals surface area contributed by atoms with Crippen LogP contribution in [0.1, 0.15) is 0 Å². The highest BCUT2D eigenvalue weighted by Gasteiger charge is 2.28. The minimum absolute atomic E-state index is 0.310. The van der Waals surface area contributed by atoms with Crippen molar-refractivity contribution in [2.45, 2.75) is 6.17 Å². The molecule has 143 valence electrons. The Hall–Kier alpha value is -2.24. The predicted molar refractivity (Wildman–Crippen MR) is 114 cm³/mol. The molecule has 5 nitrogen and oxygen atoms in total. The summed E-state index contributed by atoms with van der Waals surface area (Å²) in [6.07, 6.45) is 0.310. The van der Waals surface area contributed by atoms with Crippen LogP contribution in [0.4, 0.5) is 17.1 Å². The van der Waals surface area contributed by atoms with Gasteiger partial charge in [-0.3, -0.25) is 4.90 Å². The quantitative estimate of drug-likeness (QED) is 0.832. The molecule has 1 radical (unpaired) electrons. The molecule has 27 heavy (non-hydrogen) atoms. The molecule has 0 spiro atoms. The summed E-state index contributed by atoms with van der Waals surface area (Å²) < 4.78 is 0. The van der Waals surface area contributed by atoms with Gasteiger partial charge in [-0.25, -0.2) is 5.32 Å². The average Bonchev–Trinajstić information content (AvgIpc) is 2.75. The molecule has 0 aliphatic carbocycles. The van der Waals surface area contributed by atoms with Crippen molar-refractivity contribution >= 4 is 17.1 Å². The van der Waals surface area contributed by atoms with Crippen LogP contribution in [-0.4, -0.2) is 71.0 Å². The van der Waals surface area contributed by atoms with Crippen LogP contribution in [0.3, 0.4) is 0 Å². The van der Waals surface area contributed by atoms with E-state index in [2.05, 4.69) is 88.3 Å². The third-order valence-corrected chi connectivity index (χ3v) is 5.68. The second-order valence-corrected chi connectivity index (χ2v) is 7.60. The topological polar surface area (TPSA) is 27.1 Å². The molecule has 2 aliphatic heterocycles. The van der Waals surface area contributed by atoms with E-state index in [1.165, 1.54) is 17.1 Å². The van der Waals surface area contributed by atoms with Gasteiger partial charge in [0.15, 0.2) is 0 Å². The molecule has 0 amide bonds. The van der Waals surface area contributed by atoms with Crippen molar-refractivity contribution in [2.24, 2.45) is 0 Å². The van der Waals surface area contributed by atoms with E-state index in [0.717, 1.165) is 45.8 Å². The largest absolute Gasteiger partial charge is 0.378 e. The number of hydrogen-bond acceptors (Lipinski definition) is 4. The monoisotopic (exact) mass is 364 g/mol. The Labute approximate surface area is 163 Å². The minimum Gasteiger partial charge on any atom is -0.378 e. The number of rotatable bonds is 4. The van der Waals surface area contributed by atoms with Crippen molar-refractivity contribution < 1.29 is 0 Å². The SMILES string of the molecule is CN(C)c1ccc(N2CC[N]C(N3CCN(c4ccccc4)CC3)C2)cc1. The van der Waals surface area contributed by atoms with Crippen LogP contribution in [0.2, 0.25) is 0 Å². The lowest BCUT2D eigenvalue weighted by atomic mass is 10.2. The number of nitrogens with zero attached hydrogens (tertiary/aromatic N) is 5. The van der Waals surface area contributed by atoms with Gasteiger partial charge in [-0.2, -0.15) is 0 Å². The van der Waals surface area contributed by atoms with Gasteiger partial charge in [0.1, 0.15) is 0 Å². The molecule has 2 aromatic rings. The zero-order chi connectivity index (χ0) is 18.6. The van der Waals surface area contributed by atoms with E-state index in [1.54, 1.807) is 0 Å². The number of benzene rings is 2. The number of para-hydroxylation sites is 1. The Morgan fingerprint density at radius 2 is 1.44 bits per heavy atom. The Kier molecular flexibility index (Phi) is 5.50. The minimum atomic E-state index is 0.310. The van der Waals surface area contributed by atoms with Crippen molar-refractivity contribution in [1.29, 1.82) is 0 Å². The third-order valence-electron chi connectivity index (χ3n) is 5.68. The molecule has 2 aromatic carbocycles. The van der Waals surface area contributed by atoms with Gasteiger partial charge in [0.25, 0.3) is 0 Å². The van der Waals surface area contributed by atoms with Gasteiger partial charge >= 0.3 is 0 Å². The van der Waals surface area contributed by atoms with E-state index in [4.69, 9.17) is 5.32 Å². The highest BCUT2D eigenvalue weighted by molar-refractivity contribution is 5.56. The first-order valence-corrected chi connectivity index (χ1v) is 9.94. The second-order valence-electron chi connectivity index (χ2n) is 7.60. The lowest BCUT2D eigenvalue weighted by molar-refractivity contribution is 0.145. The van der Waals surface area contributed by atoms with Crippen LogP contribution >= 0.6 is 0 Å². The molecule has 0 N–H and O–H groups in total. The summed E-state index contributed by atoms with van der Waals surface area (Å²) >= 11 is 0. The lowest BCUT2D eigenvalue weighted by Gasteiger charge is -2.44. The molecule has 1 unspecified atom stereocenters. The Morgan fingerprint density at radius 3 is 2.11 bits per heavy atom. The van der Waals surface area contributed by atoms with Gasteiger partial charge in [-0.1, -0.05) is 18.2 Å². The fraction of sp³-hybridized carbons (Fsp3) is 0.455. The average molecular weight is 365 g/mol. The summed E-state index contributed by atoms with van der Waals surface area (Å²) in [7, 11) is 4.17. The molecule has 0 saturated carbocycles. The van der Waals surface area contributed by atoms with Crippen LogP contribution in [-0.2, 0) is 0 Å². The highest BCUT2D eigenvalue weighted by Crippen LogP contribution is 2.22. The molecule has 0 bridgehead atoms. The first kappa shape index (κ1) is 18.1. The van der Waals surface area contributed by atoms with Gasteiger partial charge in [-0.05, 0) is 36.4 Å². The molecular formula is C22H30N5. The van der Waals surface area contributed by atoms with Crippen LogP contribution in [0.15, 0.2) is 54.6 Å². The standard InChI is InChI=1S/C22H30N5/c1-24(2)19-8-10-21(11-9-19)27-13-12-23-22(18-27)26-16-14-25(15-17-26)20-6-4-3-5-7-20/h3-11,22H,12-18H2,1-2H3. The third kappa shape index (κ3) is 4.20. The van der Waals surface area contributed by atoms with Gasteiger partial charge in [-0.15, -0.1) is 0 Å². The van der Waals surface area contributed by atoms with E-state index in [9.17, 15) is 0 Å². The lowest BCUT2D eigenvalue weighted by Crippen LogP contribution is -2.60. The molecular weight excluding hydrogens is 334 g/mol. The van der Waals surface area contributed by atoms with Crippen LogP contribution in [0, 0.1) is 0 Å². The number of hydrogen-bond donors (Lipinski definition) is 0. The number of piperazine rings is 2. The van der Waals surface area contributed by atoms with Gasteiger partial charge in [0.2, 0.25) is 0 Å². The van der Waals surface area contributed by atoms with Crippen molar-refractivity contribution in [2.75, 3.05) is 74.6 Å². The molecule has 5 heteroatoms. The molecule has 2 aliphatic rings. The first-order valence-electron chi connectivity index (χ1n) is 9.94. The maximum Gasteiger partial charge on any atom is 0.0940 e. The summed E-state index contributed by atoms with van der Waals surface area (Å²) in [5.74, 6) is 0. The molecule has 4 rings (SSSR count). The molecule has 2 fully saturated rings. The molecule has 0 aromatic heterocycles. The number of anilines is 3. The predicted octanol–water partition coefficient (Wildman–Crippen LogP) is 2.33. The summed E-state index contributed by atoms with van der Waals surface area (Å²) in [5.41, 5.74) is 3.89. The zero-order valence-electron chi connectivity index (χ0n) is 16.5. The van der Waals surface area contributed by atoms with Crippen LogP contribution in [0.5, 0.6) is 0 Å². The summed E-state index contributed by atoms with van der Waals surface area (Å²) in [6.45, 7) is 7.24. The van der Waals surface area contributed by atoms with Crippen molar-refractivity contribution in [3.8, 4) is 0 Å². The van der Waals surface area contributed by atoms with E-state index in [0.29, 0.717) is 6.17 Å². The maximum absolute atomic E-state index is 4.93. The van der Waals surface area contributed by atoms with Gasteiger partial charge < -0.3 is 14.7 Å². The molecule has 2 heterocycles. The van der Waals surface area contributed by atoms with E-state index < -0.39 is 0 Å². The van der Waals surface area contributed by atoms with E-state index in [-0.39, 0.29) is 0 Å². The van der Waals surface area contributed by atoms with E-state index in [1.807, 2.05) is 0 Å². The van der Waals surface area contributed by atoms with Crippen LogP contribution in [0.25, 0.3) is 0 Å². The second kappa shape index (κ2) is 8.19. The Bertz CT molecular complexity index is 707. The van der Waals surface area contributed by atoms with Gasteiger partial charge in [0.05, 0.1) is 6.17 Å². The smallest absolute Gasteiger partial charge is 0.0940 e. The van der Waals surface area contributed by atoms with Crippen molar-refractivity contribution in [1.82, 2.24) is 10.2 Å². The molecule has 1 atom stereocenters. The highest BCUT2D eigenvalue weighted by atomic mass is 15.4. The Morgan fingerprint density at radius 1 is 0.778 bits per heavy atom. The normalized spacial score (nSPS) is 21.3. The zero-order valence-corrected chi connectivity index (χ0v) is 16.5. The van der Waals surface area contributed by atoms with Crippen molar-refractivity contribution in [3.05, 3.63) is 54.6 Å². The molecule has 2 saturated heterocycles. The maximum atomic E-state index is 4.93. The summed E-state index contributed by atoms with van der Waals surface area (Å²) in [6, 6.07) is 19.6. The summed E-state index contributed by atoms with van der Waals surface area (Å²) in [4.78, 5) is 9.67. The first-order chi connectivity index (χ1) is 13.2. The fourth-order valence-corrected chi connectivity index (χ4v) is 4.02. The van der Waals surface area contributed by atoms with E-state index >= 15 is 0 Å².